The van der Waals surface area contributed by atoms with Gasteiger partial charge in [0.05, 0.1) is 5.56 Å². The minimum absolute atomic E-state index is 0.127. The van der Waals surface area contributed by atoms with Crippen molar-refractivity contribution in [3.8, 4) is 5.75 Å². The number of carbonyl (C=O) groups is 2. The molecule has 0 aliphatic carbocycles. The van der Waals surface area contributed by atoms with Gasteiger partial charge in [-0.05, 0) is 35.9 Å². The van der Waals surface area contributed by atoms with E-state index in [1.54, 1.807) is 35.2 Å². The fourth-order valence-electron chi connectivity index (χ4n) is 3.23. The molecule has 2 aromatic rings. The van der Waals surface area contributed by atoms with Crippen LogP contribution in [-0.2, 0) is 17.5 Å². The molecular formula is C21H21F3N2O3. The Bertz CT molecular complexity index is 873. The van der Waals surface area contributed by atoms with E-state index in [0.29, 0.717) is 49.6 Å². The summed E-state index contributed by atoms with van der Waals surface area (Å²) < 4.78 is 43.5. The molecule has 154 valence electrons. The summed E-state index contributed by atoms with van der Waals surface area (Å²) in [5, 5.41) is 0. The average molecular weight is 406 g/mol. The number of benzene rings is 2. The highest BCUT2D eigenvalue weighted by molar-refractivity contribution is 5.94. The number of ether oxygens (including phenoxy) is 1. The van der Waals surface area contributed by atoms with Gasteiger partial charge in [-0.3, -0.25) is 14.5 Å². The second kappa shape index (κ2) is 8.65. The Kier molecular flexibility index (Phi) is 6.22. The van der Waals surface area contributed by atoms with E-state index in [4.69, 9.17) is 4.74 Å². The van der Waals surface area contributed by atoms with Crippen molar-refractivity contribution in [2.75, 3.05) is 26.2 Å². The van der Waals surface area contributed by atoms with Crippen molar-refractivity contribution in [1.82, 2.24) is 9.80 Å². The van der Waals surface area contributed by atoms with Gasteiger partial charge in [0.1, 0.15) is 5.75 Å². The summed E-state index contributed by atoms with van der Waals surface area (Å²) in [6.45, 7) is 3.84. The molecule has 29 heavy (non-hydrogen) atoms. The maximum absolute atomic E-state index is 12.9. The number of carbonyl (C=O) groups excluding carboxylic acids is 2. The van der Waals surface area contributed by atoms with E-state index in [2.05, 4.69) is 0 Å². The number of hydrogen-bond donors (Lipinski definition) is 0. The lowest BCUT2D eigenvalue weighted by Crippen LogP contribution is -2.48. The van der Waals surface area contributed by atoms with Gasteiger partial charge in [-0.25, -0.2) is 0 Å². The zero-order valence-electron chi connectivity index (χ0n) is 15.9. The Balaban J connectivity index is 1.55. The van der Waals surface area contributed by atoms with Crippen molar-refractivity contribution in [3.63, 3.8) is 0 Å². The van der Waals surface area contributed by atoms with Gasteiger partial charge < -0.3 is 9.64 Å². The quantitative estimate of drug-likeness (QED) is 0.575. The summed E-state index contributed by atoms with van der Waals surface area (Å²) in [7, 11) is 0. The molecule has 0 spiro atoms. The molecule has 1 amide bonds. The molecule has 0 saturated carbocycles. The van der Waals surface area contributed by atoms with Crippen LogP contribution in [0.3, 0.4) is 0 Å². The summed E-state index contributed by atoms with van der Waals surface area (Å²) in [6.07, 6.45) is -4.36. The van der Waals surface area contributed by atoms with Crippen molar-refractivity contribution in [2.45, 2.75) is 19.6 Å². The van der Waals surface area contributed by atoms with Crippen LogP contribution in [-0.4, -0.2) is 47.9 Å². The molecule has 1 heterocycles. The van der Waals surface area contributed by atoms with Crippen molar-refractivity contribution >= 4 is 11.9 Å². The molecule has 1 aliphatic rings. The lowest BCUT2D eigenvalue weighted by atomic mass is 10.1. The first kappa shape index (κ1) is 20.9. The highest BCUT2D eigenvalue weighted by Crippen LogP contribution is 2.29. The smallest absolute Gasteiger partial charge is 0.416 e. The molecule has 2 aromatic carbocycles. The molecule has 0 N–H and O–H groups in total. The topological polar surface area (TPSA) is 49.9 Å². The summed E-state index contributed by atoms with van der Waals surface area (Å²) in [5.41, 5.74) is 0.439. The van der Waals surface area contributed by atoms with E-state index in [9.17, 15) is 22.8 Å². The SMILES string of the molecule is CC(=O)Oc1ccc(C(=O)N2CCN(Cc3cccc(C(F)(F)F)c3)CC2)cc1. The summed E-state index contributed by atoms with van der Waals surface area (Å²) >= 11 is 0. The molecule has 1 saturated heterocycles. The maximum Gasteiger partial charge on any atom is 0.416 e. The predicted molar refractivity (Wildman–Crippen MR) is 100 cm³/mol. The van der Waals surface area contributed by atoms with Crippen molar-refractivity contribution in [2.24, 2.45) is 0 Å². The van der Waals surface area contributed by atoms with Gasteiger partial charge in [0.25, 0.3) is 5.91 Å². The van der Waals surface area contributed by atoms with Crippen LogP contribution in [0.5, 0.6) is 5.75 Å². The minimum Gasteiger partial charge on any atom is -0.427 e. The molecule has 3 rings (SSSR count). The second-order valence-electron chi connectivity index (χ2n) is 6.88. The minimum atomic E-state index is -4.36. The van der Waals surface area contributed by atoms with Crippen LogP contribution < -0.4 is 4.74 Å². The molecule has 0 radical (unpaired) electrons. The Morgan fingerprint density at radius 3 is 2.24 bits per heavy atom. The molecule has 1 fully saturated rings. The van der Waals surface area contributed by atoms with E-state index in [0.717, 1.165) is 6.07 Å². The normalized spacial score (nSPS) is 15.2. The van der Waals surface area contributed by atoms with Gasteiger partial charge >= 0.3 is 12.1 Å². The van der Waals surface area contributed by atoms with E-state index in [1.807, 2.05) is 4.90 Å². The van der Waals surface area contributed by atoms with Gasteiger partial charge in [0.2, 0.25) is 0 Å². The zero-order chi connectivity index (χ0) is 21.0. The van der Waals surface area contributed by atoms with E-state index < -0.39 is 17.7 Å². The molecule has 5 nitrogen and oxygen atoms in total. The first-order chi connectivity index (χ1) is 13.7. The third-order valence-corrected chi connectivity index (χ3v) is 4.68. The van der Waals surface area contributed by atoms with Crippen LogP contribution in [0.25, 0.3) is 0 Å². The lowest BCUT2D eigenvalue weighted by Gasteiger charge is -2.35. The standard InChI is InChI=1S/C21H21F3N2O3/c1-15(27)29-19-7-5-17(6-8-19)20(28)26-11-9-25(10-12-26)14-16-3-2-4-18(13-16)21(22,23)24/h2-8,13H,9-12,14H2,1H3. The molecule has 0 aromatic heterocycles. The van der Waals surface area contributed by atoms with Crippen LogP contribution in [0.1, 0.15) is 28.4 Å². The van der Waals surface area contributed by atoms with Crippen LogP contribution in [0, 0.1) is 0 Å². The lowest BCUT2D eigenvalue weighted by molar-refractivity contribution is -0.137. The molecule has 0 bridgehead atoms. The Labute approximate surface area is 166 Å². The highest BCUT2D eigenvalue weighted by atomic mass is 19.4. The number of hydrogen-bond acceptors (Lipinski definition) is 4. The highest BCUT2D eigenvalue weighted by Gasteiger charge is 2.30. The Hall–Kier alpha value is -2.87. The molecule has 0 unspecified atom stereocenters. The Morgan fingerprint density at radius 2 is 1.66 bits per heavy atom. The van der Waals surface area contributed by atoms with Crippen molar-refractivity contribution in [1.29, 1.82) is 0 Å². The van der Waals surface area contributed by atoms with Gasteiger partial charge in [0, 0.05) is 45.2 Å². The predicted octanol–water partition coefficient (Wildman–Crippen LogP) is 3.59. The summed E-state index contributed by atoms with van der Waals surface area (Å²) in [6, 6.07) is 11.7. The molecule has 8 heteroatoms. The Morgan fingerprint density at radius 1 is 1.00 bits per heavy atom. The van der Waals surface area contributed by atoms with Crippen LogP contribution in [0.2, 0.25) is 0 Å². The van der Waals surface area contributed by atoms with E-state index in [1.165, 1.54) is 19.1 Å². The first-order valence-corrected chi connectivity index (χ1v) is 9.18. The van der Waals surface area contributed by atoms with Crippen molar-refractivity contribution in [3.05, 3.63) is 65.2 Å². The number of piperazine rings is 1. The average Bonchev–Trinajstić information content (AvgIpc) is 2.68. The maximum atomic E-state index is 12.9. The molecular weight excluding hydrogens is 385 g/mol. The van der Waals surface area contributed by atoms with Gasteiger partial charge in [-0.2, -0.15) is 13.2 Å². The summed E-state index contributed by atoms with van der Waals surface area (Å²) in [4.78, 5) is 27.3. The van der Waals surface area contributed by atoms with E-state index >= 15 is 0 Å². The number of halogens is 3. The monoisotopic (exact) mass is 406 g/mol. The fourth-order valence-corrected chi connectivity index (χ4v) is 3.23. The van der Waals surface area contributed by atoms with Gasteiger partial charge in [-0.15, -0.1) is 0 Å². The largest absolute Gasteiger partial charge is 0.427 e. The molecule has 1 aliphatic heterocycles. The number of rotatable bonds is 4. The molecule has 0 atom stereocenters. The third-order valence-electron chi connectivity index (χ3n) is 4.68. The van der Waals surface area contributed by atoms with Crippen molar-refractivity contribution < 1.29 is 27.5 Å². The third kappa shape index (κ3) is 5.57. The number of amides is 1. The first-order valence-electron chi connectivity index (χ1n) is 9.18. The van der Waals surface area contributed by atoms with Crippen LogP contribution in [0.4, 0.5) is 13.2 Å². The van der Waals surface area contributed by atoms with Crippen LogP contribution >= 0.6 is 0 Å². The van der Waals surface area contributed by atoms with Crippen LogP contribution in [0.15, 0.2) is 48.5 Å². The van der Waals surface area contributed by atoms with E-state index in [-0.39, 0.29) is 5.91 Å². The zero-order valence-corrected chi connectivity index (χ0v) is 15.9. The summed E-state index contributed by atoms with van der Waals surface area (Å²) in [5.74, 6) is -0.181. The number of nitrogens with zero attached hydrogens (tertiary/aromatic N) is 2. The second-order valence-corrected chi connectivity index (χ2v) is 6.88. The number of alkyl halides is 3. The van der Waals surface area contributed by atoms with Gasteiger partial charge in [0.15, 0.2) is 0 Å². The fraction of sp³-hybridized carbons (Fsp3) is 0.333. The number of esters is 1. The van der Waals surface area contributed by atoms with Gasteiger partial charge in [-0.1, -0.05) is 18.2 Å².